The number of fused-ring (bicyclic) bond motifs is 3. The first kappa shape index (κ1) is 28.1. The Balaban J connectivity index is 1.23. The number of anilines is 2. The fourth-order valence-electron chi connectivity index (χ4n) is 5.92. The van der Waals surface area contributed by atoms with Crippen molar-refractivity contribution in [1.82, 2.24) is 39.2 Å². The Hall–Kier alpha value is -5.72. The van der Waals surface area contributed by atoms with Crippen LogP contribution < -0.4 is 10.6 Å². The molecule has 0 spiro atoms. The molecule has 1 fully saturated rings. The third-order valence-corrected chi connectivity index (χ3v) is 8.38. The third-order valence-electron chi connectivity index (χ3n) is 8.38. The van der Waals surface area contributed by atoms with Crippen LogP contribution in [0.4, 0.5) is 11.6 Å². The van der Waals surface area contributed by atoms with Gasteiger partial charge < -0.3 is 24.9 Å². The fourth-order valence-corrected chi connectivity index (χ4v) is 5.92. The number of amides is 2. The number of nitrogen functional groups attached to an aromatic ring is 1. The van der Waals surface area contributed by atoms with Crippen molar-refractivity contribution in [2.24, 2.45) is 0 Å². The van der Waals surface area contributed by atoms with Crippen LogP contribution in [0.5, 0.6) is 0 Å². The minimum atomic E-state index is -1.25. The molecule has 1 aliphatic heterocycles. The van der Waals surface area contributed by atoms with Crippen molar-refractivity contribution >= 4 is 40.1 Å². The molecule has 2 aromatic carbocycles. The van der Waals surface area contributed by atoms with Crippen molar-refractivity contribution < 1.29 is 14.0 Å². The number of furan rings is 1. The van der Waals surface area contributed by atoms with E-state index < -0.39 is 5.54 Å². The lowest BCUT2D eigenvalue weighted by atomic mass is 9.90. The molecule has 2 amide bonds. The normalized spacial score (nSPS) is 15.0. The molecule has 1 aliphatic rings. The monoisotopic (exact) mass is 604 g/mol. The van der Waals surface area contributed by atoms with Gasteiger partial charge >= 0.3 is 0 Å². The van der Waals surface area contributed by atoms with Crippen LogP contribution >= 0.6 is 0 Å². The number of benzene rings is 2. The first-order chi connectivity index (χ1) is 21.8. The lowest BCUT2D eigenvalue weighted by molar-refractivity contribution is -0.138. The average Bonchev–Trinajstić information content (AvgIpc) is 3.85. The van der Waals surface area contributed by atoms with Gasteiger partial charge in [-0.05, 0) is 42.8 Å². The summed E-state index contributed by atoms with van der Waals surface area (Å²) < 4.78 is 8.58. The summed E-state index contributed by atoms with van der Waals surface area (Å²) >= 11 is 0. The molecule has 13 heteroatoms. The third kappa shape index (κ3) is 4.63. The van der Waals surface area contributed by atoms with E-state index in [0.29, 0.717) is 60.0 Å². The van der Waals surface area contributed by atoms with E-state index in [1.807, 2.05) is 66.4 Å². The minimum absolute atomic E-state index is 0.0504. The van der Waals surface area contributed by atoms with E-state index in [2.05, 4.69) is 20.0 Å². The van der Waals surface area contributed by atoms with Gasteiger partial charge in [0.05, 0.1) is 17.8 Å². The van der Waals surface area contributed by atoms with Gasteiger partial charge in [0.1, 0.15) is 0 Å². The topological polar surface area (TPSA) is 144 Å². The Bertz CT molecular complexity index is 2020. The number of aromatic nitrogens is 6. The second-order valence-electron chi connectivity index (χ2n) is 11.4. The van der Waals surface area contributed by atoms with Gasteiger partial charge in [0.15, 0.2) is 22.6 Å². The van der Waals surface area contributed by atoms with Crippen molar-refractivity contribution in [1.29, 1.82) is 0 Å². The maximum atomic E-state index is 14.6. The molecule has 1 unspecified atom stereocenters. The number of piperazine rings is 1. The van der Waals surface area contributed by atoms with Gasteiger partial charge in [0.25, 0.3) is 11.8 Å². The van der Waals surface area contributed by atoms with E-state index in [9.17, 15) is 9.59 Å². The molecule has 45 heavy (non-hydrogen) atoms. The molecule has 0 saturated carbocycles. The lowest BCUT2D eigenvalue weighted by Crippen LogP contribution is -2.56. The van der Waals surface area contributed by atoms with Crippen molar-refractivity contribution in [3.05, 3.63) is 90.3 Å². The first-order valence-corrected chi connectivity index (χ1v) is 14.6. The smallest absolute Gasteiger partial charge is 0.255 e. The molecule has 4 aromatic heterocycles. The molecule has 13 nitrogen and oxygen atoms in total. The molecule has 1 atom stereocenters. The van der Waals surface area contributed by atoms with Crippen LogP contribution in [0.25, 0.3) is 28.3 Å². The predicted octanol–water partition coefficient (Wildman–Crippen LogP) is 3.13. The molecule has 5 heterocycles. The summed E-state index contributed by atoms with van der Waals surface area (Å²) in [6.45, 7) is 4.06. The van der Waals surface area contributed by atoms with Gasteiger partial charge in [-0.2, -0.15) is 14.6 Å². The highest BCUT2D eigenvalue weighted by molar-refractivity contribution is 5.95. The van der Waals surface area contributed by atoms with E-state index in [1.165, 1.54) is 4.52 Å². The van der Waals surface area contributed by atoms with Crippen molar-refractivity contribution in [2.45, 2.75) is 12.5 Å². The molecule has 0 bridgehead atoms. The highest BCUT2D eigenvalue weighted by Gasteiger charge is 2.43. The number of nitrogens with zero attached hydrogens (tertiary/aromatic N) is 9. The quantitative estimate of drug-likeness (QED) is 0.303. The van der Waals surface area contributed by atoms with Crippen molar-refractivity contribution in [2.75, 3.05) is 50.9 Å². The zero-order chi connectivity index (χ0) is 31.3. The molecule has 7 rings (SSSR count). The molecule has 6 aromatic rings. The van der Waals surface area contributed by atoms with Crippen LogP contribution in [0.2, 0.25) is 0 Å². The maximum Gasteiger partial charge on any atom is 0.255 e. The number of hydrogen-bond acceptors (Lipinski definition) is 9. The van der Waals surface area contributed by atoms with E-state index in [1.54, 1.807) is 48.3 Å². The largest absolute Gasteiger partial charge is 0.461 e. The van der Waals surface area contributed by atoms with Crippen molar-refractivity contribution in [3.63, 3.8) is 0 Å². The second kappa shape index (κ2) is 10.8. The Kier molecular flexibility index (Phi) is 6.72. The highest BCUT2D eigenvalue weighted by Crippen LogP contribution is 2.33. The van der Waals surface area contributed by atoms with Gasteiger partial charge in [0.2, 0.25) is 11.8 Å². The summed E-state index contributed by atoms with van der Waals surface area (Å²) in [7, 11) is 3.48. The number of carbonyl (C=O) groups excluding carboxylic acids is 2. The van der Waals surface area contributed by atoms with Crippen LogP contribution in [-0.4, -0.2) is 91.3 Å². The SMILES string of the molecule is CN(C)C(=O)c1cccc(N2CCN(C(=O)C(C)(c3ccccc3)n3ncc4c3nc(N)n3nc(-c5ccco5)nc43)CC2)c1. The minimum Gasteiger partial charge on any atom is -0.461 e. The molecular weight excluding hydrogens is 572 g/mol. The van der Waals surface area contributed by atoms with Gasteiger partial charge in [-0.1, -0.05) is 36.4 Å². The molecular formula is C32H32N10O3. The molecule has 2 N–H and O–H groups in total. The average molecular weight is 605 g/mol. The summed E-state index contributed by atoms with van der Waals surface area (Å²) in [5.41, 5.74) is 8.35. The summed E-state index contributed by atoms with van der Waals surface area (Å²) in [5.74, 6) is 0.803. The Morgan fingerprint density at radius 3 is 2.42 bits per heavy atom. The molecule has 0 radical (unpaired) electrons. The van der Waals surface area contributed by atoms with Crippen molar-refractivity contribution in [3.8, 4) is 11.6 Å². The van der Waals surface area contributed by atoms with Gasteiger partial charge in [-0.3, -0.25) is 9.59 Å². The number of carbonyl (C=O) groups is 2. The summed E-state index contributed by atoms with van der Waals surface area (Å²) in [4.78, 5) is 42.1. The summed E-state index contributed by atoms with van der Waals surface area (Å²) in [5, 5.41) is 9.81. The zero-order valence-electron chi connectivity index (χ0n) is 25.2. The zero-order valence-corrected chi connectivity index (χ0v) is 25.2. The summed E-state index contributed by atoms with van der Waals surface area (Å²) in [6.07, 6.45) is 3.20. The van der Waals surface area contributed by atoms with Crippen LogP contribution in [0.3, 0.4) is 0 Å². The van der Waals surface area contributed by atoms with Crippen LogP contribution in [0.15, 0.2) is 83.6 Å². The Labute approximate surface area is 258 Å². The van der Waals surface area contributed by atoms with Gasteiger partial charge in [-0.25, -0.2) is 9.67 Å². The molecule has 1 saturated heterocycles. The van der Waals surface area contributed by atoms with Gasteiger partial charge in [0, 0.05) is 51.5 Å². The molecule has 228 valence electrons. The standard InChI is InChI=1S/C32H32N10O3/c1-32(22-10-5-4-6-11-22,30(44)40-16-14-39(15-17-40)23-12-7-9-21(19-23)29(43)38(2)3)42-28-24(20-34-42)27-35-26(25-13-8-18-45-25)37-41(27)31(33)36-28/h4-13,18-20H,14-17H2,1-3H3,(H2,33,36). The van der Waals surface area contributed by atoms with Gasteiger partial charge in [-0.15, -0.1) is 5.10 Å². The van der Waals surface area contributed by atoms with Crippen LogP contribution in [-0.2, 0) is 10.3 Å². The van der Waals surface area contributed by atoms with Crippen LogP contribution in [0.1, 0.15) is 22.8 Å². The summed E-state index contributed by atoms with van der Waals surface area (Å²) in [6, 6.07) is 20.7. The Morgan fingerprint density at radius 2 is 1.71 bits per heavy atom. The molecule has 0 aliphatic carbocycles. The van der Waals surface area contributed by atoms with E-state index in [0.717, 1.165) is 11.3 Å². The van der Waals surface area contributed by atoms with E-state index in [-0.39, 0.29) is 17.8 Å². The predicted molar refractivity (Wildman–Crippen MR) is 169 cm³/mol. The lowest BCUT2D eigenvalue weighted by Gasteiger charge is -2.41. The van der Waals surface area contributed by atoms with E-state index >= 15 is 0 Å². The number of rotatable bonds is 6. The fraction of sp³-hybridized carbons (Fsp3) is 0.250. The first-order valence-electron chi connectivity index (χ1n) is 14.6. The Morgan fingerprint density at radius 1 is 0.933 bits per heavy atom. The van der Waals surface area contributed by atoms with E-state index in [4.69, 9.17) is 15.2 Å². The van der Waals surface area contributed by atoms with Crippen LogP contribution in [0, 0.1) is 0 Å². The highest BCUT2D eigenvalue weighted by atomic mass is 16.3. The maximum absolute atomic E-state index is 14.6. The second-order valence-corrected chi connectivity index (χ2v) is 11.4. The number of hydrogen-bond donors (Lipinski definition) is 1. The number of nitrogens with two attached hydrogens (primary N) is 1.